The number of rotatable bonds is 6. The van der Waals surface area contributed by atoms with Crippen LogP contribution in [0.3, 0.4) is 0 Å². The lowest BCUT2D eigenvalue weighted by molar-refractivity contribution is 0.0903. The van der Waals surface area contributed by atoms with Gasteiger partial charge in [-0.25, -0.2) is 20.2 Å². The highest BCUT2D eigenvalue weighted by Crippen LogP contribution is 2.28. The van der Waals surface area contributed by atoms with E-state index in [0.29, 0.717) is 29.9 Å². The van der Waals surface area contributed by atoms with Crippen LogP contribution in [0.15, 0.2) is 54.7 Å². The fraction of sp³-hybridized carbons (Fsp3) is 0.273. The Morgan fingerprint density at radius 1 is 1.10 bits per heavy atom. The minimum absolute atomic E-state index is 0.276. The molecule has 3 aromatic rings. The highest BCUT2D eigenvalue weighted by molar-refractivity contribution is 5.75. The van der Waals surface area contributed by atoms with Gasteiger partial charge in [0.2, 0.25) is 5.95 Å². The van der Waals surface area contributed by atoms with Crippen molar-refractivity contribution in [2.75, 3.05) is 29.3 Å². The standard InChI is InChI=1S/C22H25FN6O/c23-17-4-1-15(2-5-17)14-29(25)21-6-3-16(13-19(21)24)20-7-10-26-22(28-20)27-18-8-11-30-12-9-18/h1-7,10,13,18H,8-9,11-12,14,24-25H2,(H,26,27,28). The fourth-order valence-corrected chi connectivity index (χ4v) is 3.46. The molecule has 0 atom stereocenters. The Labute approximate surface area is 174 Å². The van der Waals surface area contributed by atoms with E-state index in [2.05, 4.69) is 15.3 Å². The molecule has 1 fully saturated rings. The monoisotopic (exact) mass is 408 g/mol. The largest absolute Gasteiger partial charge is 0.397 e. The first kappa shape index (κ1) is 20.1. The molecule has 1 saturated heterocycles. The lowest BCUT2D eigenvalue weighted by Gasteiger charge is -2.23. The average Bonchev–Trinajstić information content (AvgIpc) is 2.76. The number of nitrogens with one attached hydrogen (secondary N) is 1. The van der Waals surface area contributed by atoms with E-state index >= 15 is 0 Å². The molecule has 2 heterocycles. The highest BCUT2D eigenvalue weighted by Gasteiger charge is 2.15. The van der Waals surface area contributed by atoms with Gasteiger partial charge in [-0.1, -0.05) is 18.2 Å². The van der Waals surface area contributed by atoms with Gasteiger partial charge in [0, 0.05) is 31.0 Å². The Morgan fingerprint density at radius 2 is 1.87 bits per heavy atom. The number of hydrogen-bond acceptors (Lipinski definition) is 7. The Balaban J connectivity index is 1.48. The Kier molecular flexibility index (Phi) is 6.06. The summed E-state index contributed by atoms with van der Waals surface area (Å²) in [4.78, 5) is 8.96. The summed E-state index contributed by atoms with van der Waals surface area (Å²) >= 11 is 0. The van der Waals surface area contributed by atoms with E-state index in [-0.39, 0.29) is 5.82 Å². The number of anilines is 3. The molecule has 2 aromatic carbocycles. The van der Waals surface area contributed by atoms with Gasteiger partial charge < -0.3 is 20.8 Å². The molecule has 8 heteroatoms. The molecule has 1 aliphatic rings. The number of aromatic nitrogens is 2. The zero-order chi connectivity index (χ0) is 20.9. The second-order valence-corrected chi connectivity index (χ2v) is 7.32. The Morgan fingerprint density at radius 3 is 2.60 bits per heavy atom. The summed E-state index contributed by atoms with van der Waals surface area (Å²) in [5.41, 5.74) is 10.0. The average molecular weight is 408 g/mol. The summed E-state index contributed by atoms with van der Waals surface area (Å²) < 4.78 is 18.5. The van der Waals surface area contributed by atoms with Crippen LogP contribution < -0.4 is 21.9 Å². The maximum Gasteiger partial charge on any atom is 0.223 e. The molecule has 0 spiro atoms. The van der Waals surface area contributed by atoms with Gasteiger partial charge in [-0.3, -0.25) is 0 Å². The minimum Gasteiger partial charge on any atom is -0.397 e. The Hall–Kier alpha value is -3.23. The molecule has 1 aliphatic heterocycles. The van der Waals surface area contributed by atoms with Gasteiger partial charge in [0.25, 0.3) is 0 Å². The molecule has 4 rings (SSSR count). The van der Waals surface area contributed by atoms with Gasteiger partial charge >= 0.3 is 0 Å². The van der Waals surface area contributed by atoms with Gasteiger partial charge in [-0.15, -0.1) is 0 Å². The van der Waals surface area contributed by atoms with E-state index in [4.69, 9.17) is 16.3 Å². The van der Waals surface area contributed by atoms with Crippen molar-refractivity contribution in [1.82, 2.24) is 9.97 Å². The summed E-state index contributed by atoms with van der Waals surface area (Å²) in [5.74, 6) is 6.52. The van der Waals surface area contributed by atoms with Gasteiger partial charge in [0.1, 0.15) is 5.82 Å². The summed E-state index contributed by atoms with van der Waals surface area (Å²) in [7, 11) is 0. The predicted molar refractivity (Wildman–Crippen MR) is 116 cm³/mol. The van der Waals surface area contributed by atoms with Crippen molar-refractivity contribution in [3.8, 4) is 11.3 Å². The summed E-state index contributed by atoms with van der Waals surface area (Å²) in [6, 6.07) is 14.0. The van der Waals surface area contributed by atoms with Crippen molar-refractivity contribution >= 4 is 17.3 Å². The van der Waals surface area contributed by atoms with Crippen LogP contribution in [-0.2, 0) is 11.3 Å². The van der Waals surface area contributed by atoms with E-state index in [0.717, 1.165) is 42.9 Å². The number of ether oxygens (including phenoxy) is 1. The molecule has 0 amide bonds. The third-order valence-corrected chi connectivity index (χ3v) is 5.11. The molecule has 0 radical (unpaired) electrons. The van der Waals surface area contributed by atoms with E-state index in [1.54, 1.807) is 23.3 Å². The predicted octanol–water partition coefficient (Wildman–Crippen LogP) is 3.34. The van der Waals surface area contributed by atoms with E-state index in [1.807, 2.05) is 24.3 Å². The lowest BCUT2D eigenvalue weighted by Crippen LogP contribution is -2.30. The van der Waals surface area contributed by atoms with Gasteiger partial charge in [-0.05, 0) is 48.7 Å². The molecular weight excluding hydrogens is 383 g/mol. The third kappa shape index (κ3) is 4.84. The number of benzene rings is 2. The summed E-state index contributed by atoms with van der Waals surface area (Å²) in [6.07, 6.45) is 3.61. The summed E-state index contributed by atoms with van der Waals surface area (Å²) in [6.45, 7) is 1.92. The van der Waals surface area contributed by atoms with Crippen molar-refractivity contribution < 1.29 is 9.13 Å². The smallest absolute Gasteiger partial charge is 0.223 e. The van der Waals surface area contributed by atoms with Crippen LogP contribution in [0.2, 0.25) is 0 Å². The van der Waals surface area contributed by atoms with Crippen molar-refractivity contribution in [3.63, 3.8) is 0 Å². The lowest BCUT2D eigenvalue weighted by atomic mass is 10.1. The first-order valence-electron chi connectivity index (χ1n) is 9.92. The molecule has 30 heavy (non-hydrogen) atoms. The molecule has 7 nitrogen and oxygen atoms in total. The van der Waals surface area contributed by atoms with Crippen molar-refractivity contribution in [2.45, 2.75) is 25.4 Å². The van der Waals surface area contributed by atoms with Crippen molar-refractivity contribution in [3.05, 3.63) is 66.1 Å². The highest BCUT2D eigenvalue weighted by atomic mass is 19.1. The number of nitrogens with two attached hydrogens (primary N) is 2. The zero-order valence-corrected chi connectivity index (χ0v) is 16.6. The molecule has 0 bridgehead atoms. The number of hydrazine groups is 1. The maximum atomic E-state index is 13.1. The minimum atomic E-state index is -0.276. The molecule has 0 aliphatic carbocycles. The first-order valence-corrected chi connectivity index (χ1v) is 9.92. The van der Waals surface area contributed by atoms with Crippen LogP contribution in [-0.4, -0.2) is 29.2 Å². The topological polar surface area (TPSA) is 102 Å². The maximum absolute atomic E-state index is 13.1. The van der Waals surface area contributed by atoms with Crippen molar-refractivity contribution in [2.24, 2.45) is 5.84 Å². The first-order chi connectivity index (χ1) is 14.6. The molecule has 156 valence electrons. The molecule has 0 saturated carbocycles. The van der Waals surface area contributed by atoms with Crippen LogP contribution in [0, 0.1) is 5.82 Å². The molecule has 1 aromatic heterocycles. The molecular formula is C22H25FN6O. The van der Waals surface area contributed by atoms with Crippen molar-refractivity contribution in [1.29, 1.82) is 0 Å². The second-order valence-electron chi connectivity index (χ2n) is 7.32. The molecule has 5 N–H and O–H groups in total. The van der Waals surface area contributed by atoms with E-state index in [9.17, 15) is 4.39 Å². The van der Waals surface area contributed by atoms with Crippen LogP contribution >= 0.6 is 0 Å². The van der Waals surface area contributed by atoms with Crippen LogP contribution in [0.4, 0.5) is 21.7 Å². The number of nitrogens with zero attached hydrogens (tertiary/aromatic N) is 3. The summed E-state index contributed by atoms with van der Waals surface area (Å²) in [5, 5.41) is 4.92. The van der Waals surface area contributed by atoms with Crippen LogP contribution in [0.1, 0.15) is 18.4 Å². The van der Waals surface area contributed by atoms with Gasteiger partial charge in [-0.2, -0.15) is 0 Å². The number of halogens is 1. The third-order valence-electron chi connectivity index (χ3n) is 5.11. The van der Waals surface area contributed by atoms with E-state index < -0.39 is 0 Å². The van der Waals surface area contributed by atoms with Gasteiger partial charge in [0.05, 0.1) is 23.6 Å². The number of hydrogen-bond donors (Lipinski definition) is 3. The van der Waals surface area contributed by atoms with Crippen LogP contribution in [0.25, 0.3) is 11.3 Å². The zero-order valence-electron chi connectivity index (χ0n) is 16.6. The second kappa shape index (κ2) is 9.06. The van der Waals surface area contributed by atoms with E-state index in [1.165, 1.54) is 12.1 Å². The quantitative estimate of drug-likeness (QED) is 0.327. The fourth-order valence-electron chi connectivity index (χ4n) is 3.46. The van der Waals surface area contributed by atoms with Crippen LogP contribution in [0.5, 0.6) is 0 Å². The normalized spacial score (nSPS) is 14.5. The number of nitrogen functional groups attached to an aromatic ring is 1. The Bertz CT molecular complexity index is 991. The van der Waals surface area contributed by atoms with Gasteiger partial charge in [0.15, 0.2) is 0 Å². The SMILES string of the molecule is Nc1cc(-c2ccnc(NC3CCOCC3)n2)ccc1N(N)Cc1ccc(F)cc1. The molecule has 0 unspecified atom stereocenters.